The van der Waals surface area contributed by atoms with Crippen LogP contribution in [0.15, 0.2) is 4.47 Å². The summed E-state index contributed by atoms with van der Waals surface area (Å²) < 4.78 is 38.7. The molecule has 1 heterocycles. The number of halogens is 4. The van der Waals surface area contributed by atoms with Crippen LogP contribution < -0.4 is 5.32 Å². The highest BCUT2D eigenvalue weighted by atomic mass is 79.9. The lowest BCUT2D eigenvalue weighted by molar-refractivity contribution is -0.142. The fourth-order valence-electron chi connectivity index (χ4n) is 1.38. The zero-order chi connectivity index (χ0) is 13.4. The molecule has 0 bridgehead atoms. The van der Waals surface area contributed by atoms with Gasteiger partial charge in [0, 0.05) is 7.05 Å². The van der Waals surface area contributed by atoms with Gasteiger partial charge >= 0.3 is 6.18 Å². The van der Waals surface area contributed by atoms with Crippen LogP contribution in [0.25, 0.3) is 0 Å². The van der Waals surface area contributed by atoms with Crippen LogP contribution in [0.2, 0.25) is 0 Å². The Kier molecular flexibility index (Phi) is 3.85. The molecule has 0 saturated carbocycles. The average molecular weight is 314 g/mol. The first-order valence-electron chi connectivity index (χ1n) is 4.73. The largest absolute Gasteiger partial charge is 0.436 e. The molecule has 0 fully saturated rings. The summed E-state index contributed by atoms with van der Waals surface area (Å²) in [5.74, 6) is -0.406. The number of hydrogen-bond donors (Lipinski definition) is 1. The van der Waals surface area contributed by atoms with Gasteiger partial charge in [0.1, 0.15) is 6.04 Å². The fraction of sp³-hybridized carbons (Fsp3) is 0.556. The van der Waals surface area contributed by atoms with Crippen molar-refractivity contribution in [3.8, 4) is 0 Å². The van der Waals surface area contributed by atoms with E-state index in [-0.39, 0.29) is 10.2 Å². The van der Waals surface area contributed by atoms with Gasteiger partial charge in [0.25, 0.3) is 0 Å². The molecule has 1 aromatic rings. The summed E-state index contributed by atoms with van der Waals surface area (Å²) in [4.78, 5) is 11.4. The van der Waals surface area contributed by atoms with Crippen molar-refractivity contribution in [2.45, 2.75) is 26.1 Å². The molecule has 0 aliphatic carbocycles. The molecule has 0 aromatic carbocycles. The first kappa shape index (κ1) is 14.0. The molecule has 1 atom stereocenters. The Morgan fingerprint density at radius 3 is 2.41 bits per heavy atom. The first-order chi connectivity index (χ1) is 7.70. The van der Waals surface area contributed by atoms with Crippen molar-refractivity contribution in [3.63, 3.8) is 0 Å². The highest BCUT2D eigenvalue weighted by Gasteiger charge is 2.38. The smallest absolute Gasteiger partial charge is 0.357 e. The molecule has 96 valence electrons. The number of alkyl halides is 3. The quantitative estimate of drug-likeness (QED) is 0.910. The molecule has 8 heteroatoms. The first-order valence-corrected chi connectivity index (χ1v) is 5.52. The lowest BCUT2D eigenvalue weighted by Crippen LogP contribution is -2.29. The van der Waals surface area contributed by atoms with Crippen molar-refractivity contribution in [2.75, 3.05) is 7.05 Å². The Labute approximate surface area is 104 Å². The van der Waals surface area contributed by atoms with E-state index in [0.29, 0.717) is 0 Å². The normalized spacial score (nSPS) is 13.6. The highest BCUT2D eigenvalue weighted by Crippen LogP contribution is 2.36. The molecular formula is C9H11BrF3N3O. The maximum Gasteiger partial charge on any atom is 0.436 e. The monoisotopic (exact) mass is 313 g/mol. The van der Waals surface area contributed by atoms with Gasteiger partial charge in [-0.1, -0.05) is 0 Å². The summed E-state index contributed by atoms with van der Waals surface area (Å²) in [6.45, 7) is 2.94. The van der Waals surface area contributed by atoms with Crippen molar-refractivity contribution in [1.29, 1.82) is 0 Å². The average Bonchev–Trinajstić information content (AvgIpc) is 2.53. The lowest BCUT2D eigenvalue weighted by Gasteiger charge is -2.12. The molecule has 1 rings (SSSR count). The SMILES string of the molecule is CNC(=O)[C@H](C)n1nc(C(F)(F)F)c(Br)c1C. The number of likely N-dealkylation sites (N-methyl/N-ethyl adjacent to an activating group) is 1. The summed E-state index contributed by atoms with van der Waals surface area (Å²) >= 11 is 2.84. The predicted octanol–water partition coefficient (Wildman–Crippen LogP) is 2.28. The van der Waals surface area contributed by atoms with Gasteiger partial charge < -0.3 is 5.32 Å². The topological polar surface area (TPSA) is 46.9 Å². The summed E-state index contributed by atoms with van der Waals surface area (Å²) in [5, 5.41) is 5.80. The minimum atomic E-state index is -4.54. The molecule has 0 unspecified atom stereocenters. The van der Waals surface area contributed by atoms with Crippen molar-refractivity contribution < 1.29 is 18.0 Å². The number of nitrogens with one attached hydrogen (secondary N) is 1. The van der Waals surface area contributed by atoms with Gasteiger partial charge in [-0.25, -0.2) is 0 Å². The van der Waals surface area contributed by atoms with E-state index in [1.54, 1.807) is 0 Å². The van der Waals surface area contributed by atoms with E-state index in [0.717, 1.165) is 4.68 Å². The predicted molar refractivity (Wildman–Crippen MR) is 58.4 cm³/mol. The highest BCUT2D eigenvalue weighted by molar-refractivity contribution is 9.10. The summed E-state index contributed by atoms with van der Waals surface area (Å²) in [7, 11) is 1.41. The standard InChI is InChI=1S/C9H11BrF3N3O/c1-4-6(10)7(9(11,12)13)15-16(4)5(2)8(17)14-3/h5H,1-3H3,(H,14,17)/t5-/m0/s1. The van der Waals surface area contributed by atoms with Crippen LogP contribution in [0, 0.1) is 6.92 Å². The van der Waals surface area contributed by atoms with Crippen molar-refractivity contribution in [1.82, 2.24) is 15.1 Å². The van der Waals surface area contributed by atoms with Crippen molar-refractivity contribution >= 4 is 21.8 Å². The molecule has 1 N–H and O–H groups in total. The van der Waals surface area contributed by atoms with E-state index in [1.165, 1.54) is 20.9 Å². The Bertz CT molecular complexity index is 441. The molecule has 0 aliphatic heterocycles. The van der Waals surface area contributed by atoms with Crippen molar-refractivity contribution in [3.05, 3.63) is 15.9 Å². The molecule has 0 aliphatic rings. The number of amides is 1. The van der Waals surface area contributed by atoms with E-state index in [1.807, 2.05) is 0 Å². The van der Waals surface area contributed by atoms with Crippen molar-refractivity contribution in [2.24, 2.45) is 0 Å². The van der Waals surface area contributed by atoms with Crippen LogP contribution in [0.4, 0.5) is 13.2 Å². The third-order valence-electron chi connectivity index (χ3n) is 2.34. The van der Waals surface area contributed by atoms with Gasteiger partial charge in [0.05, 0.1) is 10.2 Å². The Morgan fingerprint density at radius 1 is 1.53 bits per heavy atom. The van der Waals surface area contributed by atoms with E-state index in [2.05, 4.69) is 26.3 Å². The van der Waals surface area contributed by atoms with Gasteiger partial charge in [-0.2, -0.15) is 18.3 Å². The summed E-state index contributed by atoms with van der Waals surface area (Å²) in [6.07, 6.45) is -4.54. The van der Waals surface area contributed by atoms with Gasteiger partial charge in [0.15, 0.2) is 5.69 Å². The minimum absolute atomic E-state index is 0.138. The Balaban J connectivity index is 3.25. The number of rotatable bonds is 2. The number of aromatic nitrogens is 2. The minimum Gasteiger partial charge on any atom is -0.357 e. The number of hydrogen-bond acceptors (Lipinski definition) is 2. The molecule has 4 nitrogen and oxygen atoms in total. The van der Waals surface area contributed by atoms with Crippen LogP contribution in [0.3, 0.4) is 0 Å². The zero-order valence-corrected chi connectivity index (χ0v) is 11.0. The van der Waals surface area contributed by atoms with Gasteiger partial charge in [0.2, 0.25) is 5.91 Å². The van der Waals surface area contributed by atoms with Gasteiger partial charge in [-0.3, -0.25) is 9.48 Å². The third-order valence-corrected chi connectivity index (χ3v) is 3.29. The molecule has 1 amide bonds. The van der Waals surface area contributed by atoms with Gasteiger partial charge in [-0.15, -0.1) is 0 Å². The van der Waals surface area contributed by atoms with E-state index in [4.69, 9.17) is 0 Å². The molecular weight excluding hydrogens is 303 g/mol. The molecule has 0 spiro atoms. The fourth-order valence-corrected chi connectivity index (χ4v) is 1.86. The molecule has 0 saturated heterocycles. The van der Waals surface area contributed by atoms with Crippen LogP contribution >= 0.6 is 15.9 Å². The van der Waals surface area contributed by atoms with Crippen LogP contribution in [-0.4, -0.2) is 22.7 Å². The Hall–Kier alpha value is -1.05. The van der Waals surface area contributed by atoms with Crippen LogP contribution in [-0.2, 0) is 11.0 Å². The number of nitrogens with zero attached hydrogens (tertiary/aromatic N) is 2. The van der Waals surface area contributed by atoms with Crippen LogP contribution in [0.5, 0.6) is 0 Å². The maximum absolute atomic E-state index is 12.6. The molecule has 1 aromatic heterocycles. The maximum atomic E-state index is 12.6. The lowest BCUT2D eigenvalue weighted by atomic mass is 10.3. The third kappa shape index (κ3) is 2.62. The second-order valence-corrected chi connectivity index (χ2v) is 4.27. The molecule has 0 radical (unpaired) electrons. The number of carbonyl (C=O) groups excluding carboxylic acids is 1. The zero-order valence-electron chi connectivity index (χ0n) is 9.39. The second-order valence-electron chi connectivity index (χ2n) is 3.48. The summed E-state index contributed by atoms with van der Waals surface area (Å²) in [5.41, 5.74) is -0.765. The van der Waals surface area contributed by atoms with Gasteiger partial charge in [-0.05, 0) is 29.8 Å². The van der Waals surface area contributed by atoms with E-state index >= 15 is 0 Å². The molecule has 17 heavy (non-hydrogen) atoms. The van der Waals surface area contributed by atoms with E-state index < -0.39 is 23.8 Å². The summed E-state index contributed by atoms with van der Waals surface area (Å²) in [6, 6.07) is -0.799. The number of carbonyl (C=O) groups is 1. The second kappa shape index (κ2) is 4.67. The Morgan fingerprint density at radius 2 is 2.06 bits per heavy atom. The van der Waals surface area contributed by atoms with E-state index in [9.17, 15) is 18.0 Å². The van der Waals surface area contributed by atoms with Crippen LogP contribution in [0.1, 0.15) is 24.4 Å².